The summed E-state index contributed by atoms with van der Waals surface area (Å²) in [7, 11) is 1.95. The summed E-state index contributed by atoms with van der Waals surface area (Å²) in [5, 5.41) is 2.78. The van der Waals surface area contributed by atoms with Gasteiger partial charge in [-0.15, -0.1) is 0 Å². The summed E-state index contributed by atoms with van der Waals surface area (Å²) in [6.07, 6.45) is 0. The second kappa shape index (κ2) is 8.28. The topological polar surface area (TPSA) is 35.9 Å². The lowest BCUT2D eigenvalue weighted by molar-refractivity contribution is -0.113. The molecule has 4 nitrogen and oxygen atoms in total. The van der Waals surface area contributed by atoms with Crippen molar-refractivity contribution in [3.8, 4) is 0 Å². The quantitative estimate of drug-likeness (QED) is 0.361. The van der Waals surface area contributed by atoms with Crippen molar-refractivity contribution >= 4 is 74.9 Å². The maximum atomic E-state index is 13.6. The van der Waals surface area contributed by atoms with Crippen LogP contribution in [0.25, 0.3) is 0 Å². The second-order valence-corrected chi connectivity index (χ2v) is 9.74. The summed E-state index contributed by atoms with van der Waals surface area (Å²) in [6, 6.07) is 22.6. The molecule has 0 atom stereocenters. The highest BCUT2D eigenvalue weighted by Gasteiger charge is 2.40. The molecule has 154 valence electrons. The molecular formula is C23H15Cl2N3OS2. The Morgan fingerprint density at radius 1 is 0.871 bits per heavy atom. The molecule has 2 aliphatic heterocycles. The Labute approximate surface area is 198 Å². The molecule has 1 fully saturated rings. The van der Waals surface area contributed by atoms with E-state index in [4.69, 9.17) is 28.2 Å². The average molecular weight is 484 g/mol. The Kier molecular flexibility index (Phi) is 5.48. The molecule has 2 aliphatic rings. The molecule has 8 heteroatoms. The molecule has 0 radical (unpaired) electrons. The Balaban J connectivity index is 1.60. The van der Waals surface area contributed by atoms with Crippen LogP contribution >= 0.6 is 46.7 Å². The number of anilines is 2. The molecule has 3 aromatic carbocycles. The van der Waals surface area contributed by atoms with Gasteiger partial charge in [-0.05, 0) is 66.4 Å². The maximum Gasteiger partial charge on any atom is 0.274 e. The summed E-state index contributed by atoms with van der Waals surface area (Å²) >= 11 is 15.1. The third-order valence-electron chi connectivity index (χ3n) is 4.84. The van der Waals surface area contributed by atoms with E-state index in [1.807, 2.05) is 72.6 Å². The molecule has 0 unspecified atom stereocenters. The number of rotatable bonds is 2. The predicted octanol–water partition coefficient (Wildman–Crippen LogP) is 7.17. The van der Waals surface area contributed by atoms with Crippen molar-refractivity contribution < 1.29 is 4.79 Å². The molecule has 2 heterocycles. The summed E-state index contributed by atoms with van der Waals surface area (Å²) in [4.78, 5) is 23.7. The number of aliphatic imine (C=N–C) groups is 1. The van der Waals surface area contributed by atoms with Crippen molar-refractivity contribution in [3.05, 3.63) is 92.8 Å². The normalized spacial score (nSPS) is 19.5. The standard InChI is InChI=1S/C23H15Cl2N3OS2/c1-27-18-13-15(25)9-12-19(18)30-22(27)20-21(29)28(17-5-3-2-4-6-17)23(31-20)26-16-10-7-14(24)8-11-16/h2-13H,1H3/b22-20+,26-23?. The van der Waals surface area contributed by atoms with E-state index >= 15 is 0 Å². The van der Waals surface area contributed by atoms with Crippen LogP contribution < -0.4 is 9.80 Å². The number of benzene rings is 3. The maximum absolute atomic E-state index is 13.6. The molecule has 0 bridgehead atoms. The van der Waals surface area contributed by atoms with E-state index in [0.29, 0.717) is 20.1 Å². The molecule has 0 spiro atoms. The Bertz CT molecular complexity index is 1240. The number of nitrogens with zero attached hydrogens (tertiary/aromatic N) is 3. The summed E-state index contributed by atoms with van der Waals surface area (Å²) in [6.45, 7) is 0. The fraction of sp³-hybridized carbons (Fsp3) is 0.0435. The molecule has 0 saturated carbocycles. The van der Waals surface area contributed by atoms with Crippen molar-refractivity contribution in [1.82, 2.24) is 0 Å². The van der Waals surface area contributed by atoms with E-state index in [-0.39, 0.29) is 5.91 Å². The highest BCUT2D eigenvalue weighted by Crippen LogP contribution is 2.51. The SMILES string of the molecule is CN1/C(=C2\SC(=Nc3ccc(Cl)cc3)N(c3ccccc3)C2=O)Sc2ccc(Cl)cc21. The third kappa shape index (κ3) is 3.85. The number of hydrogen-bond acceptors (Lipinski definition) is 5. The largest absolute Gasteiger partial charge is 0.337 e. The molecule has 1 amide bonds. The van der Waals surface area contributed by atoms with Crippen LogP contribution in [0.4, 0.5) is 17.1 Å². The number of carbonyl (C=O) groups excluding carboxylic acids is 1. The predicted molar refractivity (Wildman–Crippen MR) is 133 cm³/mol. The fourth-order valence-electron chi connectivity index (χ4n) is 3.33. The first kappa shape index (κ1) is 20.5. The van der Waals surface area contributed by atoms with E-state index in [1.54, 1.807) is 28.8 Å². The Hall–Kier alpha value is -2.38. The van der Waals surface area contributed by atoms with Crippen LogP contribution in [0.5, 0.6) is 0 Å². The van der Waals surface area contributed by atoms with Crippen LogP contribution in [-0.4, -0.2) is 18.1 Å². The van der Waals surface area contributed by atoms with E-state index in [2.05, 4.69) is 0 Å². The number of hydrogen-bond donors (Lipinski definition) is 0. The van der Waals surface area contributed by atoms with Gasteiger partial charge < -0.3 is 4.90 Å². The van der Waals surface area contributed by atoms with Crippen LogP contribution in [0, 0.1) is 0 Å². The van der Waals surface area contributed by atoms with Gasteiger partial charge in [0.05, 0.1) is 22.1 Å². The van der Waals surface area contributed by atoms with Crippen molar-refractivity contribution in [3.63, 3.8) is 0 Å². The second-order valence-electron chi connectivity index (χ2n) is 6.86. The number of thioether (sulfide) groups is 2. The first-order chi connectivity index (χ1) is 15.0. The number of carbonyl (C=O) groups is 1. The Morgan fingerprint density at radius 2 is 1.58 bits per heavy atom. The van der Waals surface area contributed by atoms with Gasteiger partial charge in [0.2, 0.25) is 0 Å². The number of amides is 1. The highest BCUT2D eigenvalue weighted by atomic mass is 35.5. The summed E-state index contributed by atoms with van der Waals surface area (Å²) in [5.74, 6) is -0.0998. The minimum atomic E-state index is -0.0998. The molecule has 1 saturated heterocycles. The first-order valence-electron chi connectivity index (χ1n) is 9.38. The van der Waals surface area contributed by atoms with Crippen LogP contribution in [-0.2, 0) is 4.79 Å². The third-order valence-corrected chi connectivity index (χ3v) is 7.72. The van der Waals surface area contributed by atoms with Gasteiger partial charge in [0.1, 0.15) is 4.91 Å². The van der Waals surface area contributed by atoms with Gasteiger partial charge in [-0.2, -0.15) is 0 Å². The average Bonchev–Trinajstić information content (AvgIpc) is 3.26. The van der Waals surface area contributed by atoms with Crippen molar-refractivity contribution in [2.45, 2.75) is 4.90 Å². The fourth-order valence-corrected chi connectivity index (χ4v) is 5.95. The monoisotopic (exact) mass is 483 g/mol. The van der Waals surface area contributed by atoms with E-state index < -0.39 is 0 Å². The zero-order valence-electron chi connectivity index (χ0n) is 16.3. The number of halogens is 2. The lowest BCUT2D eigenvalue weighted by Gasteiger charge is -2.16. The number of amidine groups is 1. The minimum absolute atomic E-state index is 0.0998. The molecule has 3 aromatic rings. The van der Waals surface area contributed by atoms with Crippen LogP contribution in [0.2, 0.25) is 10.0 Å². The lowest BCUT2D eigenvalue weighted by Crippen LogP contribution is -2.29. The molecule has 0 N–H and O–H groups in total. The molecule has 0 aromatic heterocycles. The molecule has 5 rings (SSSR count). The van der Waals surface area contributed by atoms with Gasteiger partial charge in [0.15, 0.2) is 5.17 Å². The summed E-state index contributed by atoms with van der Waals surface area (Å²) < 4.78 is 0. The Morgan fingerprint density at radius 3 is 2.32 bits per heavy atom. The highest BCUT2D eigenvalue weighted by molar-refractivity contribution is 8.20. The van der Waals surface area contributed by atoms with Crippen molar-refractivity contribution in [2.75, 3.05) is 16.8 Å². The number of para-hydroxylation sites is 1. The van der Waals surface area contributed by atoms with E-state index in [0.717, 1.165) is 27.0 Å². The first-order valence-corrected chi connectivity index (χ1v) is 11.8. The van der Waals surface area contributed by atoms with Crippen LogP contribution in [0.3, 0.4) is 0 Å². The van der Waals surface area contributed by atoms with Crippen molar-refractivity contribution in [1.29, 1.82) is 0 Å². The van der Waals surface area contributed by atoms with Crippen LogP contribution in [0.15, 0.2) is 92.6 Å². The van der Waals surface area contributed by atoms with Gasteiger partial charge in [-0.1, -0.05) is 53.2 Å². The van der Waals surface area contributed by atoms with Gasteiger partial charge in [-0.25, -0.2) is 4.99 Å². The zero-order chi connectivity index (χ0) is 21.5. The van der Waals surface area contributed by atoms with Crippen molar-refractivity contribution in [2.24, 2.45) is 4.99 Å². The van der Waals surface area contributed by atoms with Gasteiger partial charge in [0, 0.05) is 22.0 Å². The molecule has 31 heavy (non-hydrogen) atoms. The van der Waals surface area contributed by atoms with E-state index in [1.165, 1.54) is 11.8 Å². The smallest absolute Gasteiger partial charge is 0.274 e. The molecule has 0 aliphatic carbocycles. The van der Waals surface area contributed by atoms with Crippen LogP contribution in [0.1, 0.15) is 0 Å². The van der Waals surface area contributed by atoms with Gasteiger partial charge in [0.25, 0.3) is 5.91 Å². The zero-order valence-corrected chi connectivity index (χ0v) is 19.4. The van der Waals surface area contributed by atoms with Gasteiger partial charge >= 0.3 is 0 Å². The minimum Gasteiger partial charge on any atom is -0.337 e. The van der Waals surface area contributed by atoms with E-state index in [9.17, 15) is 4.79 Å². The molecular weight excluding hydrogens is 469 g/mol. The lowest BCUT2D eigenvalue weighted by atomic mass is 10.3. The summed E-state index contributed by atoms with van der Waals surface area (Å²) in [5.41, 5.74) is 2.49. The number of fused-ring (bicyclic) bond motifs is 1. The van der Waals surface area contributed by atoms with Gasteiger partial charge in [-0.3, -0.25) is 9.69 Å².